The molecule has 0 saturated carbocycles. The van der Waals surface area contributed by atoms with Crippen molar-refractivity contribution in [2.75, 3.05) is 20.2 Å². The first-order valence-corrected chi connectivity index (χ1v) is 9.28. The Morgan fingerprint density at radius 1 is 1.26 bits per heavy atom. The number of likely N-dealkylation sites (tertiary alicyclic amines) is 1. The van der Waals surface area contributed by atoms with Gasteiger partial charge in [0.15, 0.2) is 0 Å². The van der Waals surface area contributed by atoms with Crippen LogP contribution < -0.4 is 5.32 Å². The number of esters is 1. The topological polar surface area (TPSA) is 91.5 Å². The Kier molecular flexibility index (Phi) is 6.11. The molecule has 0 spiro atoms. The molecule has 2 N–H and O–H groups in total. The molecule has 1 aliphatic heterocycles. The highest BCUT2D eigenvalue weighted by Crippen LogP contribution is 2.19. The first kappa shape index (κ1) is 18.9. The number of fused-ring (bicyclic) bond motifs is 1. The summed E-state index contributed by atoms with van der Waals surface area (Å²) in [5.74, 6) is -0.856. The summed E-state index contributed by atoms with van der Waals surface area (Å²) < 4.78 is 4.86. The summed E-state index contributed by atoms with van der Waals surface area (Å²) in [5, 5.41) is 3.74. The quantitative estimate of drug-likeness (QED) is 0.757. The Morgan fingerprint density at radius 3 is 2.89 bits per heavy atom. The van der Waals surface area contributed by atoms with Crippen molar-refractivity contribution in [1.82, 2.24) is 15.2 Å². The zero-order valence-corrected chi connectivity index (χ0v) is 15.5. The van der Waals surface area contributed by atoms with E-state index in [9.17, 15) is 14.4 Å². The second kappa shape index (κ2) is 8.70. The summed E-state index contributed by atoms with van der Waals surface area (Å²) in [4.78, 5) is 41.5. The fourth-order valence-corrected chi connectivity index (χ4v) is 3.47. The number of hydrogen-bond donors (Lipinski definition) is 2. The van der Waals surface area contributed by atoms with Gasteiger partial charge >= 0.3 is 5.97 Å². The SMILES string of the molecule is COC(=O)C(Cc1c[nH]c2ccccc12)NC(=O)CN1CCCCCC1=O. The molecule has 7 heteroatoms. The lowest BCUT2D eigenvalue weighted by Crippen LogP contribution is -2.48. The molecule has 2 amide bonds. The van der Waals surface area contributed by atoms with Gasteiger partial charge in [0.2, 0.25) is 11.8 Å². The smallest absolute Gasteiger partial charge is 0.328 e. The van der Waals surface area contributed by atoms with Crippen molar-refractivity contribution < 1.29 is 19.1 Å². The van der Waals surface area contributed by atoms with Crippen LogP contribution in [0.2, 0.25) is 0 Å². The van der Waals surface area contributed by atoms with E-state index in [1.807, 2.05) is 30.5 Å². The van der Waals surface area contributed by atoms with Gasteiger partial charge in [-0.25, -0.2) is 4.79 Å². The van der Waals surface area contributed by atoms with Crippen molar-refractivity contribution in [3.63, 3.8) is 0 Å². The van der Waals surface area contributed by atoms with Crippen LogP contribution in [-0.2, 0) is 25.5 Å². The molecule has 1 fully saturated rings. The van der Waals surface area contributed by atoms with E-state index in [0.29, 0.717) is 19.4 Å². The molecule has 1 aromatic heterocycles. The maximum atomic E-state index is 12.5. The van der Waals surface area contributed by atoms with E-state index in [1.54, 1.807) is 4.90 Å². The predicted octanol–water partition coefficient (Wildman–Crippen LogP) is 1.77. The van der Waals surface area contributed by atoms with Gasteiger partial charge in [-0.3, -0.25) is 9.59 Å². The van der Waals surface area contributed by atoms with Crippen molar-refractivity contribution in [1.29, 1.82) is 0 Å². The van der Waals surface area contributed by atoms with Gasteiger partial charge in [-0.15, -0.1) is 0 Å². The van der Waals surface area contributed by atoms with Crippen LogP contribution in [0.15, 0.2) is 30.5 Å². The molecule has 2 heterocycles. The Hall–Kier alpha value is -2.83. The maximum Gasteiger partial charge on any atom is 0.328 e. The average Bonchev–Trinajstić information content (AvgIpc) is 2.97. The minimum atomic E-state index is -0.802. The van der Waals surface area contributed by atoms with E-state index >= 15 is 0 Å². The zero-order valence-electron chi connectivity index (χ0n) is 15.5. The van der Waals surface area contributed by atoms with Crippen LogP contribution in [-0.4, -0.2) is 53.9 Å². The molecule has 0 aliphatic carbocycles. The van der Waals surface area contributed by atoms with Crippen molar-refractivity contribution in [3.8, 4) is 0 Å². The molecular formula is C20H25N3O4. The zero-order chi connectivity index (χ0) is 19.2. The van der Waals surface area contributed by atoms with Crippen LogP contribution in [0, 0.1) is 0 Å². The summed E-state index contributed by atoms with van der Waals surface area (Å²) in [6.45, 7) is 0.553. The molecular weight excluding hydrogens is 346 g/mol. The van der Waals surface area contributed by atoms with Crippen molar-refractivity contribution >= 4 is 28.7 Å². The van der Waals surface area contributed by atoms with E-state index in [0.717, 1.165) is 35.7 Å². The molecule has 0 bridgehead atoms. The Morgan fingerprint density at radius 2 is 2.07 bits per heavy atom. The minimum absolute atomic E-state index is 0.00565. The van der Waals surface area contributed by atoms with Crippen LogP contribution in [0.3, 0.4) is 0 Å². The van der Waals surface area contributed by atoms with E-state index in [-0.39, 0.29) is 18.4 Å². The van der Waals surface area contributed by atoms with Gasteiger partial charge in [0.05, 0.1) is 13.7 Å². The number of benzene rings is 1. The molecule has 7 nitrogen and oxygen atoms in total. The summed E-state index contributed by atoms with van der Waals surface area (Å²) in [6.07, 6.45) is 5.39. The number of H-pyrrole nitrogens is 1. The molecule has 1 unspecified atom stereocenters. The number of carbonyl (C=O) groups is 3. The number of carbonyl (C=O) groups excluding carboxylic acids is 3. The van der Waals surface area contributed by atoms with E-state index < -0.39 is 12.0 Å². The number of methoxy groups -OCH3 is 1. The van der Waals surface area contributed by atoms with Gasteiger partial charge in [0.1, 0.15) is 6.04 Å². The van der Waals surface area contributed by atoms with Gasteiger partial charge < -0.3 is 19.9 Å². The standard InChI is InChI=1S/C20H25N3O4/c1-27-20(26)17(11-14-12-21-16-8-5-4-7-15(14)16)22-18(24)13-23-10-6-2-3-9-19(23)25/h4-5,7-8,12,17,21H,2-3,6,9-11,13H2,1H3,(H,22,24). The lowest BCUT2D eigenvalue weighted by molar-refractivity contribution is -0.145. The van der Waals surface area contributed by atoms with Gasteiger partial charge in [-0.1, -0.05) is 24.6 Å². The largest absolute Gasteiger partial charge is 0.467 e. The number of rotatable bonds is 6. The highest BCUT2D eigenvalue weighted by atomic mass is 16.5. The summed E-state index contributed by atoms with van der Waals surface area (Å²) in [7, 11) is 1.30. The maximum absolute atomic E-state index is 12.5. The summed E-state index contributed by atoms with van der Waals surface area (Å²) >= 11 is 0. The number of aromatic amines is 1. The molecule has 1 atom stereocenters. The lowest BCUT2D eigenvalue weighted by atomic mass is 10.0. The lowest BCUT2D eigenvalue weighted by Gasteiger charge is -2.22. The molecule has 27 heavy (non-hydrogen) atoms. The van der Waals surface area contributed by atoms with Gasteiger partial charge in [-0.05, 0) is 24.5 Å². The summed E-state index contributed by atoms with van der Waals surface area (Å²) in [5.41, 5.74) is 1.89. The number of para-hydroxylation sites is 1. The number of aromatic nitrogens is 1. The van der Waals surface area contributed by atoms with Crippen LogP contribution in [0.4, 0.5) is 0 Å². The van der Waals surface area contributed by atoms with E-state index in [1.165, 1.54) is 7.11 Å². The Balaban J connectivity index is 1.68. The van der Waals surface area contributed by atoms with Gasteiger partial charge in [-0.2, -0.15) is 0 Å². The monoisotopic (exact) mass is 371 g/mol. The van der Waals surface area contributed by atoms with E-state index in [4.69, 9.17) is 4.74 Å². The fourth-order valence-electron chi connectivity index (χ4n) is 3.47. The highest BCUT2D eigenvalue weighted by molar-refractivity contribution is 5.89. The van der Waals surface area contributed by atoms with Gasteiger partial charge in [0.25, 0.3) is 0 Å². The predicted molar refractivity (Wildman–Crippen MR) is 101 cm³/mol. The number of nitrogens with one attached hydrogen (secondary N) is 2. The van der Waals surface area contributed by atoms with Crippen LogP contribution in [0.1, 0.15) is 31.2 Å². The third kappa shape index (κ3) is 4.67. The molecule has 3 rings (SSSR count). The summed E-state index contributed by atoms with van der Waals surface area (Å²) in [6, 6.07) is 6.98. The highest BCUT2D eigenvalue weighted by Gasteiger charge is 2.25. The Bertz CT molecular complexity index is 829. The molecule has 1 saturated heterocycles. The first-order valence-electron chi connectivity index (χ1n) is 9.28. The fraction of sp³-hybridized carbons (Fsp3) is 0.450. The third-order valence-electron chi connectivity index (χ3n) is 4.93. The molecule has 0 radical (unpaired) electrons. The second-order valence-electron chi connectivity index (χ2n) is 6.83. The number of hydrogen-bond acceptors (Lipinski definition) is 4. The molecule has 1 aromatic carbocycles. The average molecular weight is 371 g/mol. The number of amides is 2. The van der Waals surface area contributed by atoms with Crippen molar-refractivity contribution in [2.45, 2.75) is 38.1 Å². The molecule has 1 aliphatic rings. The normalized spacial score (nSPS) is 16.0. The second-order valence-corrected chi connectivity index (χ2v) is 6.83. The first-order chi connectivity index (χ1) is 13.1. The van der Waals surface area contributed by atoms with Crippen LogP contribution in [0.25, 0.3) is 10.9 Å². The van der Waals surface area contributed by atoms with Crippen LogP contribution >= 0.6 is 0 Å². The molecule has 144 valence electrons. The van der Waals surface area contributed by atoms with Crippen LogP contribution in [0.5, 0.6) is 0 Å². The number of ether oxygens (including phenoxy) is 1. The van der Waals surface area contributed by atoms with Gasteiger partial charge in [0, 0.05) is 36.5 Å². The number of nitrogens with zero attached hydrogens (tertiary/aromatic N) is 1. The van der Waals surface area contributed by atoms with E-state index in [2.05, 4.69) is 10.3 Å². The van der Waals surface area contributed by atoms with Crippen molar-refractivity contribution in [3.05, 3.63) is 36.0 Å². The third-order valence-corrected chi connectivity index (χ3v) is 4.93. The minimum Gasteiger partial charge on any atom is -0.467 e. The van der Waals surface area contributed by atoms with Crippen molar-refractivity contribution in [2.24, 2.45) is 0 Å². The molecule has 2 aromatic rings. The Labute approximate surface area is 158 Å².